The second-order valence-corrected chi connectivity index (χ2v) is 7.60. The number of fused-ring (bicyclic) bond motifs is 1. The van der Waals surface area contributed by atoms with Crippen LogP contribution in [0.4, 0.5) is 0 Å². The van der Waals surface area contributed by atoms with Crippen molar-refractivity contribution in [1.82, 2.24) is 20.1 Å². The molecular weight excluding hydrogens is 378 g/mol. The molecule has 0 spiro atoms. The smallest absolute Gasteiger partial charge is 0.253 e. The van der Waals surface area contributed by atoms with Crippen molar-refractivity contribution in [3.05, 3.63) is 66.9 Å². The molecule has 7 nitrogen and oxygen atoms in total. The Labute approximate surface area is 173 Å². The highest BCUT2D eigenvalue weighted by molar-refractivity contribution is 6.01. The number of amides is 1. The Morgan fingerprint density at radius 1 is 1.13 bits per heavy atom. The van der Waals surface area contributed by atoms with Gasteiger partial charge in [-0.25, -0.2) is 4.98 Å². The average molecular weight is 400 g/mol. The summed E-state index contributed by atoms with van der Waals surface area (Å²) in [6, 6.07) is 10.5. The Morgan fingerprint density at radius 3 is 2.57 bits per heavy atom. The molecule has 0 radical (unpaired) electrons. The fourth-order valence-electron chi connectivity index (χ4n) is 3.52. The second kappa shape index (κ2) is 7.26. The third-order valence-electron chi connectivity index (χ3n) is 5.33. The van der Waals surface area contributed by atoms with Gasteiger partial charge in [0.1, 0.15) is 12.6 Å². The average Bonchev–Trinajstić information content (AvgIpc) is 3.49. The van der Waals surface area contributed by atoms with E-state index in [1.165, 1.54) is 0 Å². The van der Waals surface area contributed by atoms with Crippen molar-refractivity contribution in [3.8, 4) is 22.3 Å². The zero-order chi connectivity index (χ0) is 20.7. The van der Waals surface area contributed by atoms with E-state index in [9.17, 15) is 4.79 Å². The van der Waals surface area contributed by atoms with Gasteiger partial charge in [0.05, 0.1) is 17.3 Å². The van der Waals surface area contributed by atoms with E-state index in [1.807, 2.05) is 37.9 Å². The van der Waals surface area contributed by atoms with Crippen LogP contribution in [0.2, 0.25) is 0 Å². The van der Waals surface area contributed by atoms with E-state index in [1.54, 1.807) is 22.7 Å². The number of carbonyl (C=O) groups is 1. The number of pyridine rings is 2. The molecule has 1 fully saturated rings. The van der Waals surface area contributed by atoms with Crippen LogP contribution in [0.25, 0.3) is 33.2 Å². The molecule has 1 aromatic carbocycles. The summed E-state index contributed by atoms with van der Waals surface area (Å²) in [6.45, 7) is 0. The summed E-state index contributed by atoms with van der Waals surface area (Å²) in [6.07, 6.45) is 11.3. The van der Waals surface area contributed by atoms with Crippen LogP contribution in [0.3, 0.4) is 0 Å². The normalized spacial score (nSPS) is 13.4. The minimum absolute atomic E-state index is 0.0757. The molecule has 1 N–H and O–H groups in total. The first kappa shape index (κ1) is 18.3. The van der Waals surface area contributed by atoms with Gasteiger partial charge in [0.2, 0.25) is 12.4 Å². The van der Waals surface area contributed by atoms with E-state index in [0.29, 0.717) is 11.6 Å². The Bertz CT molecular complexity index is 1240. The first-order valence-electron chi connectivity index (χ1n) is 9.90. The second-order valence-electron chi connectivity index (χ2n) is 7.60. The van der Waals surface area contributed by atoms with E-state index in [4.69, 9.17) is 4.84 Å². The standard InChI is InChI=1S/C23H21N5O2/c1-27-12-18(11-25-27)15-3-5-16(6-4-15)21-13-28(30-2)14-22-20(21)9-17(10-24-22)23(29)26-19-7-8-19/h3-6,9-14,19H,7-8H2,1-2H3/p+1. The van der Waals surface area contributed by atoms with Crippen molar-refractivity contribution < 1.29 is 14.4 Å². The number of nitrogens with one attached hydrogen (secondary N) is 1. The molecule has 0 saturated heterocycles. The molecule has 1 aliphatic rings. The van der Waals surface area contributed by atoms with E-state index in [2.05, 4.69) is 39.7 Å². The summed E-state index contributed by atoms with van der Waals surface area (Å²) in [5.41, 5.74) is 5.44. The van der Waals surface area contributed by atoms with Gasteiger partial charge in [0.25, 0.3) is 5.91 Å². The van der Waals surface area contributed by atoms with Gasteiger partial charge < -0.3 is 5.32 Å². The lowest BCUT2D eigenvalue weighted by Crippen LogP contribution is -2.40. The molecule has 4 aromatic rings. The first-order valence-corrected chi connectivity index (χ1v) is 9.90. The fraction of sp³-hybridized carbons (Fsp3) is 0.217. The molecule has 0 bridgehead atoms. The fourth-order valence-corrected chi connectivity index (χ4v) is 3.52. The zero-order valence-corrected chi connectivity index (χ0v) is 16.9. The molecule has 0 atom stereocenters. The highest BCUT2D eigenvalue weighted by Gasteiger charge is 2.24. The summed E-state index contributed by atoms with van der Waals surface area (Å²) >= 11 is 0. The number of aromatic nitrogens is 4. The van der Waals surface area contributed by atoms with Crippen LogP contribution < -0.4 is 14.9 Å². The van der Waals surface area contributed by atoms with Crippen molar-refractivity contribution in [1.29, 1.82) is 0 Å². The lowest BCUT2D eigenvalue weighted by Gasteiger charge is -2.08. The first-order chi connectivity index (χ1) is 14.6. The van der Waals surface area contributed by atoms with Gasteiger partial charge in [-0.3, -0.25) is 14.3 Å². The molecule has 30 heavy (non-hydrogen) atoms. The molecule has 1 saturated carbocycles. The van der Waals surface area contributed by atoms with Gasteiger partial charge in [-0.15, -0.1) is 0 Å². The van der Waals surface area contributed by atoms with Gasteiger partial charge in [0, 0.05) is 41.2 Å². The molecular formula is C23H22N5O2+. The quantitative estimate of drug-likeness (QED) is 0.523. The Balaban J connectivity index is 1.58. The molecule has 1 aliphatic carbocycles. The SMILES string of the molecule is CO[n+]1cc(-c2ccc(-c3cnn(C)c3)cc2)c2cc(C(=O)NC3CC3)cnc2c1. The van der Waals surface area contributed by atoms with Crippen molar-refractivity contribution >= 4 is 16.8 Å². The van der Waals surface area contributed by atoms with E-state index < -0.39 is 0 Å². The summed E-state index contributed by atoms with van der Waals surface area (Å²) in [5.74, 6) is -0.0757. The zero-order valence-electron chi connectivity index (χ0n) is 16.9. The highest BCUT2D eigenvalue weighted by Crippen LogP contribution is 2.29. The number of carbonyl (C=O) groups excluding carboxylic acids is 1. The lowest BCUT2D eigenvalue weighted by molar-refractivity contribution is -0.884. The van der Waals surface area contributed by atoms with Crippen molar-refractivity contribution in [2.75, 3.05) is 7.11 Å². The number of nitrogens with zero attached hydrogens (tertiary/aromatic N) is 4. The van der Waals surface area contributed by atoms with Crippen molar-refractivity contribution in [3.63, 3.8) is 0 Å². The highest BCUT2D eigenvalue weighted by atomic mass is 16.6. The molecule has 0 unspecified atom stereocenters. The van der Waals surface area contributed by atoms with Gasteiger partial charge in [0.15, 0.2) is 0 Å². The maximum absolute atomic E-state index is 12.5. The van der Waals surface area contributed by atoms with Crippen molar-refractivity contribution in [2.45, 2.75) is 18.9 Å². The Kier molecular flexibility index (Phi) is 4.43. The van der Waals surface area contributed by atoms with Gasteiger partial charge in [-0.2, -0.15) is 5.10 Å². The minimum Gasteiger partial charge on any atom is -0.349 e. The third kappa shape index (κ3) is 3.50. The predicted octanol–water partition coefficient (Wildman–Crippen LogP) is 2.54. The predicted molar refractivity (Wildman–Crippen MR) is 113 cm³/mol. The largest absolute Gasteiger partial charge is 0.349 e. The van der Waals surface area contributed by atoms with Gasteiger partial charge >= 0.3 is 0 Å². The summed E-state index contributed by atoms with van der Waals surface area (Å²) < 4.78 is 3.42. The third-order valence-corrected chi connectivity index (χ3v) is 5.33. The maximum Gasteiger partial charge on any atom is 0.253 e. The maximum atomic E-state index is 12.5. The lowest BCUT2D eigenvalue weighted by atomic mass is 9.99. The summed E-state index contributed by atoms with van der Waals surface area (Å²) in [4.78, 5) is 22.4. The van der Waals surface area contributed by atoms with Crippen LogP contribution >= 0.6 is 0 Å². The van der Waals surface area contributed by atoms with Crippen molar-refractivity contribution in [2.24, 2.45) is 7.05 Å². The minimum atomic E-state index is -0.0757. The monoisotopic (exact) mass is 400 g/mol. The number of hydrogen-bond acceptors (Lipinski definition) is 4. The topological polar surface area (TPSA) is 72.9 Å². The van der Waals surface area contributed by atoms with Gasteiger partial charge in [-0.05, 0) is 30.0 Å². The van der Waals surface area contributed by atoms with Crippen LogP contribution in [0.1, 0.15) is 23.2 Å². The van der Waals surface area contributed by atoms with Crippen LogP contribution in [0.5, 0.6) is 0 Å². The van der Waals surface area contributed by atoms with E-state index in [0.717, 1.165) is 46.0 Å². The summed E-state index contributed by atoms with van der Waals surface area (Å²) in [7, 11) is 3.51. The molecule has 0 aliphatic heterocycles. The molecule has 7 heteroatoms. The van der Waals surface area contributed by atoms with Gasteiger partial charge in [-0.1, -0.05) is 24.3 Å². The number of hydrogen-bond donors (Lipinski definition) is 1. The number of aryl methyl sites for hydroxylation is 1. The number of rotatable bonds is 5. The van der Waals surface area contributed by atoms with Crippen LogP contribution in [-0.4, -0.2) is 33.8 Å². The van der Waals surface area contributed by atoms with Crippen LogP contribution in [-0.2, 0) is 7.05 Å². The molecule has 1 amide bonds. The summed E-state index contributed by atoms with van der Waals surface area (Å²) in [5, 5.41) is 8.17. The molecule has 5 rings (SSSR count). The Hall–Kier alpha value is -3.74. The van der Waals surface area contributed by atoms with Crippen LogP contribution in [0, 0.1) is 0 Å². The molecule has 150 valence electrons. The van der Waals surface area contributed by atoms with Crippen LogP contribution in [0.15, 0.2) is 61.3 Å². The van der Waals surface area contributed by atoms with E-state index >= 15 is 0 Å². The molecule has 3 heterocycles. The molecule has 3 aromatic heterocycles. The number of benzene rings is 1. The Morgan fingerprint density at radius 2 is 1.90 bits per heavy atom. The van der Waals surface area contributed by atoms with E-state index in [-0.39, 0.29) is 5.91 Å².